The number of rotatable bonds is 3. The van der Waals surface area contributed by atoms with Gasteiger partial charge in [-0.2, -0.15) is 0 Å². The Bertz CT molecular complexity index is 583. The summed E-state index contributed by atoms with van der Waals surface area (Å²) in [6.45, 7) is 5.20. The number of tetrazole rings is 1. The summed E-state index contributed by atoms with van der Waals surface area (Å²) in [5, 5.41) is 12.1. The molecule has 5 nitrogen and oxygen atoms in total. The lowest BCUT2D eigenvalue weighted by Crippen LogP contribution is -2.11. The van der Waals surface area contributed by atoms with Gasteiger partial charge in [0.25, 0.3) is 0 Å². The predicted octanol–water partition coefficient (Wildman–Crippen LogP) is 2.03. The minimum Gasteiger partial charge on any atom is -0.399 e. The van der Waals surface area contributed by atoms with Crippen molar-refractivity contribution in [3.05, 3.63) is 23.8 Å². The Labute approximate surface area is 106 Å². The van der Waals surface area contributed by atoms with Gasteiger partial charge in [-0.1, -0.05) is 13.0 Å². The van der Waals surface area contributed by atoms with E-state index in [1.807, 2.05) is 29.8 Å². The van der Waals surface area contributed by atoms with Gasteiger partial charge in [0.05, 0.1) is 6.54 Å². The maximum atomic E-state index is 5.85. The van der Waals surface area contributed by atoms with Crippen LogP contribution >= 0.6 is 0 Å². The van der Waals surface area contributed by atoms with E-state index in [2.05, 4.69) is 22.4 Å². The lowest BCUT2D eigenvalue weighted by atomic mass is 10.1. The summed E-state index contributed by atoms with van der Waals surface area (Å²) in [7, 11) is 0. The van der Waals surface area contributed by atoms with Crippen molar-refractivity contribution >= 4 is 5.69 Å². The lowest BCUT2D eigenvalue weighted by molar-refractivity contribution is 0.427. The molecule has 0 spiro atoms. The van der Waals surface area contributed by atoms with Gasteiger partial charge >= 0.3 is 0 Å². The van der Waals surface area contributed by atoms with Crippen LogP contribution in [0.3, 0.4) is 0 Å². The fourth-order valence-corrected chi connectivity index (χ4v) is 2.12. The fourth-order valence-electron chi connectivity index (χ4n) is 2.12. The van der Waals surface area contributed by atoms with Crippen molar-refractivity contribution in [3.8, 4) is 11.4 Å². The molecule has 1 aliphatic carbocycles. The molecule has 0 radical (unpaired) electrons. The van der Waals surface area contributed by atoms with Crippen LogP contribution in [0.2, 0.25) is 0 Å². The zero-order chi connectivity index (χ0) is 12.8. The number of nitrogens with zero attached hydrogens (tertiary/aromatic N) is 4. The van der Waals surface area contributed by atoms with E-state index in [0.717, 1.165) is 29.2 Å². The first-order valence-electron chi connectivity index (χ1n) is 6.20. The van der Waals surface area contributed by atoms with Crippen molar-refractivity contribution in [3.63, 3.8) is 0 Å². The van der Waals surface area contributed by atoms with Crippen LogP contribution in [-0.4, -0.2) is 20.2 Å². The Morgan fingerprint density at radius 3 is 2.89 bits per heavy atom. The summed E-state index contributed by atoms with van der Waals surface area (Å²) >= 11 is 0. The van der Waals surface area contributed by atoms with Gasteiger partial charge in [0.1, 0.15) is 0 Å². The second-order valence-electron chi connectivity index (χ2n) is 5.55. The number of benzene rings is 1. The van der Waals surface area contributed by atoms with Crippen molar-refractivity contribution < 1.29 is 0 Å². The summed E-state index contributed by atoms with van der Waals surface area (Å²) in [5.74, 6) is 0.813. The van der Waals surface area contributed by atoms with E-state index in [1.165, 1.54) is 12.8 Å². The van der Waals surface area contributed by atoms with Crippen molar-refractivity contribution in [2.75, 3.05) is 5.73 Å². The van der Waals surface area contributed by atoms with Crippen LogP contribution in [0.25, 0.3) is 11.4 Å². The first-order valence-corrected chi connectivity index (χ1v) is 6.20. The summed E-state index contributed by atoms with van der Waals surface area (Å²) in [6, 6.07) is 5.84. The molecule has 0 saturated heterocycles. The molecule has 0 bridgehead atoms. The average molecular weight is 243 g/mol. The van der Waals surface area contributed by atoms with Crippen LogP contribution in [-0.2, 0) is 6.54 Å². The third-order valence-electron chi connectivity index (χ3n) is 3.67. The highest BCUT2D eigenvalue weighted by atomic mass is 15.5. The van der Waals surface area contributed by atoms with Gasteiger partial charge in [0, 0.05) is 11.3 Å². The van der Waals surface area contributed by atoms with E-state index in [-0.39, 0.29) is 0 Å². The van der Waals surface area contributed by atoms with Gasteiger partial charge in [-0.05, 0) is 53.3 Å². The highest BCUT2D eigenvalue weighted by Crippen LogP contribution is 2.46. The van der Waals surface area contributed by atoms with Gasteiger partial charge in [-0.25, -0.2) is 4.68 Å². The quantitative estimate of drug-likeness (QED) is 0.837. The van der Waals surface area contributed by atoms with Gasteiger partial charge in [0.2, 0.25) is 0 Å². The molecule has 94 valence electrons. The fraction of sp³-hybridized carbons (Fsp3) is 0.462. The molecule has 1 aliphatic rings. The Morgan fingerprint density at radius 2 is 2.17 bits per heavy atom. The Kier molecular flexibility index (Phi) is 2.36. The maximum absolute atomic E-state index is 5.85. The molecular formula is C13H17N5. The molecule has 18 heavy (non-hydrogen) atoms. The van der Waals surface area contributed by atoms with Crippen molar-refractivity contribution in [2.24, 2.45) is 5.41 Å². The third-order valence-corrected chi connectivity index (χ3v) is 3.67. The normalized spacial score (nSPS) is 16.8. The van der Waals surface area contributed by atoms with E-state index in [9.17, 15) is 0 Å². The molecule has 1 saturated carbocycles. The predicted molar refractivity (Wildman–Crippen MR) is 69.7 cm³/mol. The number of hydrogen-bond donors (Lipinski definition) is 1. The number of hydrogen-bond acceptors (Lipinski definition) is 4. The van der Waals surface area contributed by atoms with Crippen LogP contribution in [0.5, 0.6) is 0 Å². The molecule has 1 aromatic heterocycles. The molecule has 5 heteroatoms. The van der Waals surface area contributed by atoms with E-state index in [0.29, 0.717) is 5.41 Å². The number of aromatic nitrogens is 4. The average Bonchev–Trinajstić information content (AvgIpc) is 2.88. The second-order valence-corrected chi connectivity index (χ2v) is 5.55. The number of nitrogens with two attached hydrogens (primary N) is 1. The Morgan fingerprint density at radius 1 is 1.39 bits per heavy atom. The molecule has 0 amide bonds. The number of anilines is 1. The van der Waals surface area contributed by atoms with Crippen molar-refractivity contribution in [1.82, 2.24) is 20.2 Å². The Hall–Kier alpha value is -1.91. The van der Waals surface area contributed by atoms with Gasteiger partial charge in [0.15, 0.2) is 5.82 Å². The van der Waals surface area contributed by atoms with Crippen molar-refractivity contribution in [2.45, 2.75) is 33.2 Å². The minimum absolute atomic E-state index is 0.373. The molecule has 1 heterocycles. The van der Waals surface area contributed by atoms with Crippen molar-refractivity contribution in [1.29, 1.82) is 0 Å². The summed E-state index contributed by atoms with van der Waals surface area (Å²) in [5.41, 5.74) is 9.12. The SMILES string of the molecule is Cc1ccc(N)cc1-c1nnnn1CC1(C)CC1. The van der Waals surface area contributed by atoms with Gasteiger partial charge in [-0.15, -0.1) is 5.10 Å². The van der Waals surface area contributed by atoms with E-state index in [4.69, 9.17) is 5.73 Å². The second kappa shape index (κ2) is 3.80. The lowest BCUT2D eigenvalue weighted by Gasteiger charge is -2.11. The van der Waals surface area contributed by atoms with E-state index < -0.39 is 0 Å². The largest absolute Gasteiger partial charge is 0.399 e. The topological polar surface area (TPSA) is 69.6 Å². The smallest absolute Gasteiger partial charge is 0.182 e. The first-order chi connectivity index (χ1) is 8.57. The zero-order valence-corrected chi connectivity index (χ0v) is 10.7. The molecular weight excluding hydrogens is 226 g/mol. The van der Waals surface area contributed by atoms with Gasteiger partial charge in [-0.3, -0.25) is 0 Å². The van der Waals surface area contributed by atoms with Gasteiger partial charge < -0.3 is 5.73 Å². The van der Waals surface area contributed by atoms with Crippen LogP contribution in [0.15, 0.2) is 18.2 Å². The molecule has 2 aromatic rings. The summed E-state index contributed by atoms with van der Waals surface area (Å²) in [4.78, 5) is 0. The third kappa shape index (κ3) is 1.96. The number of nitrogen functional groups attached to an aromatic ring is 1. The van der Waals surface area contributed by atoms with Crippen LogP contribution in [0.4, 0.5) is 5.69 Å². The Balaban J connectivity index is 2.01. The molecule has 1 fully saturated rings. The summed E-state index contributed by atoms with van der Waals surface area (Å²) < 4.78 is 1.90. The number of aryl methyl sites for hydroxylation is 1. The molecule has 0 unspecified atom stereocenters. The minimum atomic E-state index is 0.373. The molecule has 2 N–H and O–H groups in total. The molecule has 0 atom stereocenters. The van der Waals surface area contributed by atoms with Crippen LogP contribution < -0.4 is 5.73 Å². The summed E-state index contributed by atoms with van der Waals surface area (Å²) in [6.07, 6.45) is 2.50. The standard InChI is InChI=1S/C13H17N5/c1-9-3-4-10(14)7-11(9)12-15-16-17-18(12)8-13(2)5-6-13/h3-4,7H,5-6,8,14H2,1-2H3. The van der Waals surface area contributed by atoms with E-state index >= 15 is 0 Å². The zero-order valence-electron chi connectivity index (χ0n) is 10.7. The van der Waals surface area contributed by atoms with Crippen LogP contribution in [0.1, 0.15) is 25.3 Å². The first kappa shape index (κ1) is 11.2. The molecule has 3 rings (SSSR count). The maximum Gasteiger partial charge on any atom is 0.182 e. The van der Waals surface area contributed by atoms with Crippen LogP contribution in [0, 0.1) is 12.3 Å². The monoisotopic (exact) mass is 243 g/mol. The highest BCUT2D eigenvalue weighted by Gasteiger charge is 2.38. The molecule has 1 aromatic carbocycles. The van der Waals surface area contributed by atoms with E-state index in [1.54, 1.807) is 0 Å². The highest BCUT2D eigenvalue weighted by molar-refractivity contribution is 5.65. The molecule has 0 aliphatic heterocycles.